The maximum Gasteiger partial charge on any atom is 0.416 e. The highest BCUT2D eigenvalue weighted by atomic mass is 79.9. The van der Waals surface area contributed by atoms with Crippen LogP contribution in [0.2, 0.25) is 0 Å². The van der Waals surface area contributed by atoms with E-state index in [1.54, 1.807) is 0 Å². The van der Waals surface area contributed by atoms with Crippen LogP contribution in [0.25, 0.3) is 0 Å². The van der Waals surface area contributed by atoms with E-state index in [0.29, 0.717) is 17.5 Å². The molecule has 2 atom stereocenters. The van der Waals surface area contributed by atoms with Crippen molar-refractivity contribution in [1.82, 2.24) is 0 Å². The first-order valence-corrected chi connectivity index (χ1v) is 9.26. The molecule has 140 valence electrons. The zero-order valence-electron chi connectivity index (χ0n) is 14.1. The van der Waals surface area contributed by atoms with Gasteiger partial charge in [0.05, 0.1) is 10.9 Å². The van der Waals surface area contributed by atoms with Crippen molar-refractivity contribution in [2.45, 2.75) is 31.1 Å². The van der Waals surface area contributed by atoms with E-state index in [2.05, 4.69) is 15.9 Å². The van der Waals surface area contributed by atoms with Gasteiger partial charge >= 0.3 is 6.18 Å². The van der Waals surface area contributed by atoms with Gasteiger partial charge in [-0.2, -0.15) is 13.2 Å². The van der Waals surface area contributed by atoms with Crippen LogP contribution in [0.15, 0.2) is 54.6 Å². The van der Waals surface area contributed by atoms with Gasteiger partial charge in [-0.1, -0.05) is 53.2 Å². The lowest BCUT2D eigenvalue weighted by Gasteiger charge is -2.31. The molecule has 0 aromatic heterocycles. The van der Waals surface area contributed by atoms with Gasteiger partial charge in [0, 0.05) is 12.0 Å². The van der Waals surface area contributed by atoms with Crippen molar-refractivity contribution in [2.75, 3.05) is 11.9 Å². The van der Waals surface area contributed by atoms with E-state index in [1.807, 2.05) is 37.3 Å². The number of hydrogen-bond donors (Lipinski definition) is 0. The van der Waals surface area contributed by atoms with Crippen molar-refractivity contribution in [1.29, 1.82) is 0 Å². The highest BCUT2D eigenvalue weighted by Gasteiger charge is 2.52. The van der Waals surface area contributed by atoms with Crippen molar-refractivity contribution in [3.05, 3.63) is 65.7 Å². The molecule has 1 fully saturated rings. The summed E-state index contributed by atoms with van der Waals surface area (Å²) in [6, 6.07) is 14.0. The minimum Gasteiger partial charge on any atom is -0.460 e. The topological polar surface area (TPSA) is 27.7 Å². The van der Waals surface area contributed by atoms with Gasteiger partial charge in [-0.05, 0) is 24.3 Å². The Labute approximate surface area is 158 Å². The molecule has 2 unspecified atom stereocenters. The fraction of sp³-hybridized carbons (Fsp3) is 0.368. The summed E-state index contributed by atoms with van der Waals surface area (Å²) in [5.74, 6) is -1.80. The van der Waals surface area contributed by atoms with Crippen molar-refractivity contribution >= 4 is 15.9 Å². The van der Waals surface area contributed by atoms with Crippen LogP contribution in [-0.4, -0.2) is 17.7 Å². The van der Waals surface area contributed by atoms with Gasteiger partial charge in [0.25, 0.3) is 0 Å². The van der Waals surface area contributed by atoms with Crippen molar-refractivity contribution < 1.29 is 27.4 Å². The Kier molecular flexibility index (Phi) is 5.33. The lowest BCUT2D eigenvalue weighted by atomic mass is 10.1. The molecule has 2 aromatic carbocycles. The average molecular weight is 431 g/mol. The second-order valence-corrected chi connectivity index (χ2v) is 6.59. The van der Waals surface area contributed by atoms with Crippen LogP contribution in [0.3, 0.4) is 0 Å². The Morgan fingerprint density at radius 1 is 1.08 bits per heavy atom. The molecule has 2 aromatic rings. The Balaban J connectivity index is 1.82. The molecular formula is C19H18BrF3O3. The molecule has 1 aliphatic rings. The number of ether oxygens (including phenoxy) is 3. The first kappa shape index (κ1) is 19.2. The van der Waals surface area contributed by atoms with E-state index in [-0.39, 0.29) is 6.61 Å². The number of benzene rings is 2. The van der Waals surface area contributed by atoms with Gasteiger partial charge < -0.3 is 14.2 Å². The van der Waals surface area contributed by atoms with E-state index >= 15 is 0 Å². The first-order chi connectivity index (χ1) is 12.3. The van der Waals surface area contributed by atoms with Gasteiger partial charge in [0.1, 0.15) is 12.4 Å². The van der Waals surface area contributed by atoms with Gasteiger partial charge in [-0.15, -0.1) is 0 Å². The Hall–Kier alpha value is -1.57. The summed E-state index contributed by atoms with van der Waals surface area (Å²) in [6.45, 7) is 2.04. The second-order valence-electron chi connectivity index (χ2n) is 6.03. The minimum absolute atomic E-state index is 0.158. The maximum atomic E-state index is 12.7. The molecule has 1 aliphatic heterocycles. The molecule has 0 aliphatic carbocycles. The molecule has 7 heteroatoms. The predicted octanol–water partition coefficient (Wildman–Crippen LogP) is 5.49. The molecule has 0 amide bonds. The highest BCUT2D eigenvalue weighted by Crippen LogP contribution is 2.43. The summed E-state index contributed by atoms with van der Waals surface area (Å²) in [6.07, 6.45) is -3.91. The van der Waals surface area contributed by atoms with Crippen LogP contribution in [0.5, 0.6) is 5.75 Å². The van der Waals surface area contributed by atoms with Crippen LogP contribution >= 0.6 is 15.9 Å². The zero-order valence-corrected chi connectivity index (χ0v) is 15.6. The molecular weight excluding hydrogens is 413 g/mol. The van der Waals surface area contributed by atoms with E-state index in [0.717, 1.165) is 17.7 Å². The van der Waals surface area contributed by atoms with Crippen LogP contribution in [0.4, 0.5) is 13.2 Å². The monoisotopic (exact) mass is 430 g/mol. The summed E-state index contributed by atoms with van der Waals surface area (Å²) >= 11 is 3.44. The van der Waals surface area contributed by atoms with Gasteiger partial charge in [0.15, 0.2) is 0 Å². The molecule has 3 rings (SSSR count). The van der Waals surface area contributed by atoms with Crippen molar-refractivity contribution in [2.24, 2.45) is 0 Å². The standard InChI is InChI=1S/C19H18BrF3O3/c1-2-17(25-16-10-8-15(9-11-16)19(21,22)23)13-24-18(12-20,26-17)14-6-4-3-5-7-14/h3-11H,2,12-13H2,1H3. The Bertz CT molecular complexity index is 736. The molecule has 26 heavy (non-hydrogen) atoms. The maximum absolute atomic E-state index is 12.7. The largest absolute Gasteiger partial charge is 0.460 e. The quantitative estimate of drug-likeness (QED) is 0.587. The number of halogens is 4. The lowest BCUT2D eigenvalue weighted by Crippen LogP contribution is -2.41. The fourth-order valence-electron chi connectivity index (χ4n) is 2.79. The summed E-state index contributed by atoms with van der Waals surface area (Å²) < 4.78 is 56.2. The average Bonchev–Trinajstić information content (AvgIpc) is 3.03. The third-order valence-corrected chi connectivity index (χ3v) is 5.03. The number of hydrogen-bond acceptors (Lipinski definition) is 3. The van der Waals surface area contributed by atoms with Gasteiger partial charge in [-0.25, -0.2) is 0 Å². The molecule has 0 N–H and O–H groups in total. The molecule has 1 saturated heterocycles. The van der Waals surface area contributed by atoms with Crippen molar-refractivity contribution in [3.63, 3.8) is 0 Å². The highest BCUT2D eigenvalue weighted by molar-refractivity contribution is 9.09. The summed E-state index contributed by atoms with van der Waals surface area (Å²) in [7, 11) is 0. The SMILES string of the molecule is CCC1(Oc2ccc(C(F)(F)F)cc2)COC(CBr)(c2ccccc2)O1. The third-order valence-electron chi connectivity index (χ3n) is 4.29. The Morgan fingerprint density at radius 3 is 2.27 bits per heavy atom. The molecule has 0 spiro atoms. The first-order valence-electron chi connectivity index (χ1n) is 8.14. The molecule has 0 radical (unpaired) electrons. The Morgan fingerprint density at radius 2 is 1.73 bits per heavy atom. The smallest absolute Gasteiger partial charge is 0.416 e. The minimum atomic E-state index is -4.38. The van der Waals surface area contributed by atoms with Crippen LogP contribution < -0.4 is 4.74 Å². The van der Waals surface area contributed by atoms with Crippen LogP contribution in [0.1, 0.15) is 24.5 Å². The number of rotatable bonds is 5. The second kappa shape index (κ2) is 7.21. The molecule has 0 bridgehead atoms. The summed E-state index contributed by atoms with van der Waals surface area (Å²) in [5, 5.41) is 0.391. The van der Waals surface area contributed by atoms with E-state index in [4.69, 9.17) is 14.2 Å². The van der Waals surface area contributed by atoms with Gasteiger partial charge in [0.2, 0.25) is 11.6 Å². The summed E-state index contributed by atoms with van der Waals surface area (Å²) in [4.78, 5) is 0. The predicted molar refractivity (Wildman–Crippen MR) is 94.0 cm³/mol. The van der Waals surface area contributed by atoms with E-state index < -0.39 is 23.3 Å². The van der Waals surface area contributed by atoms with E-state index in [1.165, 1.54) is 12.1 Å². The molecule has 0 saturated carbocycles. The van der Waals surface area contributed by atoms with Crippen LogP contribution in [-0.2, 0) is 21.4 Å². The normalized spacial score (nSPS) is 26.0. The molecule has 1 heterocycles. The van der Waals surface area contributed by atoms with E-state index in [9.17, 15) is 13.2 Å². The van der Waals surface area contributed by atoms with Gasteiger partial charge in [-0.3, -0.25) is 0 Å². The third kappa shape index (κ3) is 3.75. The fourth-order valence-corrected chi connectivity index (χ4v) is 3.39. The van der Waals surface area contributed by atoms with Crippen LogP contribution in [0, 0.1) is 0 Å². The summed E-state index contributed by atoms with van der Waals surface area (Å²) in [5.41, 5.74) is 0.112. The molecule has 3 nitrogen and oxygen atoms in total. The number of alkyl halides is 4. The lowest BCUT2D eigenvalue weighted by molar-refractivity contribution is -0.230. The zero-order chi connectivity index (χ0) is 18.8. The van der Waals surface area contributed by atoms with Crippen molar-refractivity contribution in [3.8, 4) is 5.75 Å².